The smallest absolute Gasteiger partial charge is 0.131 e. The molecule has 0 bridgehead atoms. The Morgan fingerprint density at radius 3 is 2.67 bits per heavy atom. The standard InChI is InChI=1S/C16H18N4O/c1-4-15-19-13(9-16(20-15)18-5-2)12-8-11(10-17)6-7-14(12)21-3/h6-9H,4-5H2,1-3H3,(H,18,19,20). The monoisotopic (exact) mass is 282 g/mol. The Balaban J connectivity index is 2.59. The molecule has 1 aromatic heterocycles. The maximum absolute atomic E-state index is 9.08. The molecule has 1 N–H and O–H groups in total. The van der Waals surface area contributed by atoms with Crippen molar-refractivity contribution in [2.75, 3.05) is 19.0 Å². The van der Waals surface area contributed by atoms with Crippen LogP contribution in [0.2, 0.25) is 0 Å². The normalized spacial score (nSPS) is 10.0. The molecule has 0 fully saturated rings. The summed E-state index contributed by atoms with van der Waals surface area (Å²) in [5.41, 5.74) is 2.13. The molecule has 108 valence electrons. The number of rotatable bonds is 5. The Hall–Kier alpha value is -2.61. The molecule has 0 spiro atoms. The third-order valence-corrected chi connectivity index (χ3v) is 3.05. The van der Waals surface area contributed by atoms with Crippen molar-refractivity contribution >= 4 is 5.82 Å². The Labute approximate surface area is 124 Å². The summed E-state index contributed by atoms with van der Waals surface area (Å²) in [4.78, 5) is 8.99. The number of nitriles is 1. The second kappa shape index (κ2) is 6.71. The number of nitrogens with one attached hydrogen (secondary N) is 1. The van der Waals surface area contributed by atoms with E-state index in [1.54, 1.807) is 25.3 Å². The fourth-order valence-corrected chi connectivity index (χ4v) is 2.04. The molecule has 0 aliphatic carbocycles. The minimum Gasteiger partial charge on any atom is -0.496 e. The molecule has 2 aromatic rings. The highest BCUT2D eigenvalue weighted by Crippen LogP contribution is 2.30. The molecule has 0 amide bonds. The van der Waals surface area contributed by atoms with E-state index in [-0.39, 0.29) is 0 Å². The van der Waals surface area contributed by atoms with Gasteiger partial charge in [-0.05, 0) is 25.1 Å². The maximum Gasteiger partial charge on any atom is 0.131 e. The molecule has 0 aliphatic heterocycles. The number of hydrogen-bond acceptors (Lipinski definition) is 5. The predicted molar refractivity (Wildman–Crippen MR) is 82.3 cm³/mol. The Morgan fingerprint density at radius 1 is 1.24 bits per heavy atom. The molecule has 0 saturated heterocycles. The molecule has 2 rings (SSSR count). The van der Waals surface area contributed by atoms with Crippen molar-refractivity contribution in [1.29, 1.82) is 5.26 Å². The second-order valence-electron chi connectivity index (χ2n) is 4.47. The van der Waals surface area contributed by atoms with Gasteiger partial charge in [-0.3, -0.25) is 0 Å². The van der Waals surface area contributed by atoms with Gasteiger partial charge >= 0.3 is 0 Å². The number of benzene rings is 1. The first-order valence-corrected chi connectivity index (χ1v) is 6.92. The van der Waals surface area contributed by atoms with Crippen LogP contribution < -0.4 is 10.1 Å². The first-order chi connectivity index (χ1) is 10.2. The molecule has 0 aliphatic rings. The summed E-state index contributed by atoms with van der Waals surface area (Å²) >= 11 is 0. The summed E-state index contributed by atoms with van der Waals surface area (Å²) in [6.07, 6.45) is 0.743. The third-order valence-electron chi connectivity index (χ3n) is 3.05. The van der Waals surface area contributed by atoms with Crippen molar-refractivity contribution < 1.29 is 4.74 Å². The van der Waals surface area contributed by atoms with Crippen LogP contribution in [-0.4, -0.2) is 23.6 Å². The SMILES string of the molecule is CCNc1cc(-c2cc(C#N)ccc2OC)nc(CC)n1. The Morgan fingerprint density at radius 2 is 2.05 bits per heavy atom. The fourth-order valence-electron chi connectivity index (χ4n) is 2.04. The van der Waals surface area contributed by atoms with Crippen molar-refractivity contribution in [2.45, 2.75) is 20.3 Å². The lowest BCUT2D eigenvalue weighted by Crippen LogP contribution is -2.04. The predicted octanol–water partition coefficient (Wildman–Crippen LogP) is 3.02. The lowest BCUT2D eigenvalue weighted by Gasteiger charge is -2.11. The van der Waals surface area contributed by atoms with Crippen LogP contribution in [0, 0.1) is 11.3 Å². The summed E-state index contributed by atoms with van der Waals surface area (Å²) in [5.74, 6) is 2.23. The van der Waals surface area contributed by atoms with E-state index in [9.17, 15) is 0 Å². The summed E-state index contributed by atoms with van der Waals surface area (Å²) < 4.78 is 5.38. The van der Waals surface area contributed by atoms with Gasteiger partial charge in [-0.1, -0.05) is 6.92 Å². The molecule has 5 heteroatoms. The molecule has 1 heterocycles. The van der Waals surface area contributed by atoms with Crippen molar-refractivity contribution in [3.05, 3.63) is 35.7 Å². The summed E-state index contributed by atoms with van der Waals surface area (Å²) in [6, 6.07) is 9.32. The third kappa shape index (κ3) is 3.29. The van der Waals surface area contributed by atoms with Crippen molar-refractivity contribution in [3.8, 4) is 23.1 Å². The highest BCUT2D eigenvalue weighted by Gasteiger charge is 2.11. The number of anilines is 1. The van der Waals surface area contributed by atoms with E-state index in [4.69, 9.17) is 10.00 Å². The van der Waals surface area contributed by atoms with Crippen LogP contribution in [0.4, 0.5) is 5.82 Å². The van der Waals surface area contributed by atoms with E-state index < -0.39 is 0 Å². The van der Waals surface area contributed by atoms with Crippen LogP contribution >= 0.6 is 0 Å². The molecule has 5 nitrogen and oxygen atoms in total. The van der Waals surface area contributed by atoms with Crippen LogP contribution in [0.1, 0.15) is 25.2 Å². The van der Waals surface area contributed by atoms with Gasteiger partial charge in [0.05, 0.1) is 24.4 Å². The van der Waals surface area contributed by atoms with Crippen molar-refractivity contribution in [1.82, 2.24) is 9.97 Å². The zero-order valence-corrected chi connectivity index (χ0v) is 12.5. The molecule has 1 aromatic carbocycles. The van der Waals surface area contributed by atoms with Crippen molar-refractivity contribution in [3.63, 3.8) is 0 Å². The number of aryl methyl sites for hydroxylation is 1. The fraction of sp³-hybridized carbons (Fsp3) is 0.312. The Kier molecular flexibility index (Phi) is 4.72. The summed E-state index contributed by atoms with van der Waals surface area (Å²) in [6.45, 7) is 4.82. The Bertz CT molecular complexity index is 676. The minimum absolute atomic E-state index is 0.576. The maximum atomic E-state index is 9.08. The lowest BCUT2D eigenvalue weighted by atomic mass is 10.1. The second-order valence-corrected chi connectivity index (χ2v) is 4.47. The zero-order valence-electron chi connectivity index (χ0n) is 12.5. The molecule has 0 atom stereocenters. The molecule has 0 saturated carbocycles. The quantitative estimate of drug-likeness (QED) is 0.912. The van der Waals surface area contributed by atoms with Gasteiger partial charge in [-0.15, -0.1) is 0 Å². The molecule has 0 unspecified atom stereocenters. The first kappa shape index (κ1) is 14.8. The average molecular weight is 282 g/mol. The van der Waals surface area contributed by atoms with E-state index in [1.807, 2.05) is 19.9 Å². The van der Waals surface area contributed by atoms with Crippen LogP contribution in [-0.2, 0) is 6.42 Å². The van der Waals surface area contributed by atoms with Crippen molar-refractivity contribution in [2.24, 2.45) is 0 Å². The van der Waals surface area contributed by atoms with Gasteiger partial charge in [0.25, 0.3) is 0 Å². The highest BCUT2D eigenvalue weighted by atomic mass is 16.5. The van der Waals surface area contributed by atoms with Gasteiger partial charge in [-0.25, -0.2) is 9.97 Å². The minimum atomic E-state index is 0.576. The number of aromatic nitrogens is 2. The number of methoxy groups -OCH3 is 1. The summed E-state index contributed by atoms with van der Waals surface area (Å²) in [5, 5.41) is 12.3. The number of nitrogens with zero attached hydrogens (tertiary/aromatic N) is 3. The zero-order chi connectivity index (χ0) is 15.2. The first-order valence-electron chi connectivity index (χ1n) is 6.92. The lowest BCUT2D eigenvalue weighted by molar-refractivity contribution is 0.416. The van der Waals surface area contributed by atoms with Crippen LogP contribution in [0.3, 0.4) is 0 Å². The van der Waals surface area contributed by atoms with Crippen LogP contribution in [0.15, 0.2) is 24.3 Å². The van der Waals surface area contributed by atoms with Crippen LogP contribution in [0.5, 0.6) is 5.75 Å². The summed E-state index contributed by atoms with van der Waals surface area (Å²) in [7, 11) is 1.61. The van der Waals surface area contributed by atoms with E-state index in [2.05, 4.69) is 21.4 Å². The average Bonchev–Trinajstić information content (AvgIpc) is 2.54. The highest BCUT2D eigenvalue weighted by molar-refractivity contribution is 5.71. The van der Waals surface area contributed by atoms with E-state index in [0.717, 1.165) is 35.9 Å². The van der Waals surface area contributed by atoms with Gasteiger partial charge in [0.15, 0.2) is 0 Å². The van der Waals surface area contributed by atoms with E-state index >= 15 is 0 Å². The largest absolute Gasteiger partial charge is 0.496 e. The van der Waals surface area contributed by atoms with Gasteiger partial charge < -0.3 is 10.1 Å². The number of hydrogen-bond donors (Lipinski definition) is 1. The molecule has 0 radical (unpaired) electrons. The van der Waals surface area contributed by atoms with Gasteiger partial charge in [0.1, 0.15) is 17.4 Å². The van der Waals surface area contributed by atoms with Crippen LogP contribution in [0.25, 0.3) is 11.3 Å². The van der Waals surface area contributed by atoms with Gasteiger partial charge in [0, 0.05) is 24.6 Å². The number of ether oxygens (including phenoxy) is 1. The van der Waals surface area contributed by atoms with Gasteiger partial charge in [0.2, 0.25) is 0 Å². The molecular formula is C16H18N4O. The van der Waals surface area contributed by atoms with E-state index in [0.29, 0.717) is 11.3 Å². The van der Waals surface area contributed by atoms with Gasteiger partial charge in [-0.2, -0.15) is 5.26 Å². The van der Waals surface area contributed by atoms with E-state index in [1.165, 1.54) is 0 Å². The topological polar surface area (TPSA) is 70.8 Å². The molecule has 21 heavy (non-hydrogen) atoms. The molecular weight excluding hydrogens is 264 g/mol.